The summed E-state index contributed by atoms with van der Waals surface area (Å²) >= 11 is 0. The highest BCUT2D eigenvalue weighted by Gasteiger charge is 2.13. The minimum Gasteiger partial charge on any atom is -0.271 e. The first-order valence-corrected chi connectivity index (χ1v) is 5.52. The first kappa shape index (κ1) is 11.7. The van der Waals surface area contributed by atoms with E-state index in [-0.39, 0.29) is 6.04 Å². The van der Waals surface area contributed by atoms with E-state index in [0.29, 0.717) is 0 Å². The van der Waals surface area contributed by atoms with Gasteiger partial charge in [0.15, 0.2) is 0 Å². The highest BCUT2D eigenvalue weighted by molar-refractivity contribution is 5.29. The number of nitrogens with zero attached hydrogens (tertiary/aromatic N) is 2. The topological polar surface area (TPSA) is 63.8 Å². The fraction of sp³-hybridized carbons (Fsp3) is 0.231. The molecule has 2 aromatic rings. The van der Waals surface area contributed by atoms with E-state index in [0.717, 1.165) is 17.0 Å². The van der Waals surface area contributed by atoms with Crippen LogP contribution in [0.4, 0.5) is 0 Å². The van der Waals surface area contributed by atoms with Gasteiger partial charge in [-0.1, -0.05) is 29.8 Å². The zero-order chi connectivity index (χ0) is 12.3. The highest BCUT2D eigenvalue weighted by Crippen LogP contribution is 2.19. The van der Waals surface area contributed by atoms with E-state index in [4.69, 9.17) is 5.84 Å². The molecule has 2 rings (SSSR count). The van der Waals surface area contributed by atoms with Gasteiger partial charge in [0.2, 0.25) is 0 Å². The Bertz CT molecular complexity index is 430. The molecule has 1 aromatic heterocycles. The molecule has 0 amide bonds. The molecule has 4 heteroatoms. The van der Waals surface area contributed by atoms with Gasteiger partial charge in [0.25, 0.3) is 0 Å². The highest BCUT2D eigenvalue weighted by atomic mass is 15.2. The molecular weight excluding hydrogens is 212 g/mol. The van der Waals surface area contributed by atoms with Crippen LogP contribution in [0.25, 0.3) is 0 Å². The fourth-order valence-corrected chi connectivity index (χ4v) is 1.66. The molecule has 0 aliphatic carbocycles. The Kier molecular flexibility index (Phi) is 3.46. The van der Waals surface area contributed by atoms with E-state index in [9.17, 15) is 0 Å². The molecular formula is C13H16N4. The molecule has 0 spiro atoms. The molecule has 1 unspecified atom stereocenters. The maximum atomic E-state index is 5.60. The third kappa shape index (κ3) is 2.67. The van der Waals surface area contributed by atoms with Gasteiger partial charge in [-0.2, -0.15) is 0 Å². The number of benzene rings is 1. The van der Waals surface area contributed by atoms with Crippen LogP contribution in [-0.4, -0.2) is 9.97 Å². The lowest BCUT2D eigenvalue weighted by atomic mass is 10.0. The Labute approximate surface area is 101 Å². The van der Waals surface area contributed by atoms with Gasteiger partial charge in [0, 0.05) is 6.20 Å². The summed E-state index contributed by atoms with van der Waals surface area (Å²) in [4.78, 5) is 8.58. The number of rotatable bonds is 3. The fourth-order valence-electron chi connectivity index (χ4n) is 1.66. The molecule has 1 aromatic carbocycles. The van der Waals surface area contributed by atoms with Gasteiger partial charge in [-0.25, -0.2) is 5.43 Å². The van der Waals surface area contributed by atoms with E-state index in [1.165, 1.54) is 5.56 Å². The summed E-state index contributed by atoms with van der Waals surface area (Å²) in [6.45, 7) is 3.97. The molecule has 0 fully saturated rings. The van der Waals surface area contributed by atoms with Crippen LogP contribution in [0.3, 0.4) is 0 Å². The largest absolute Gasteiger partial charge is 0.271 e. The Morgan fingerprint density at radius 2 is 1.76 bits per heavy atom. The Morgan fingerprint density at radius 1 is 1.06 bits per heavy atom. The van der Waals surface area contributed by atoms with Crippen molar-refractivity contribution >= 4 is 0 Å². The Balaban J connectivity index is 2.33. The molecule has 0 saturated heterocycles. The van der Waals surface area contributed by atoms with Crippen LogP contribution in [-0.2, 0) is 0 Å². The number of hydrogen-bond acceptors (Lipinski definition) is 4. The third-order valence-electron chi connectivity index (χ3n) is 2.67. The van der Waals surface area contributed by atoms with Gasteiger partial charge in [-0.3, -0.25) is 15.8 Å². The second-order valence-electron chi connectivity index (χ2n) is 4.09. The molecule has 0 bridgehead atoms. The summed E-state index contributed by atoms with van der Waals surface area (Å²) in [5.74, 6) is 5.60. The van der Waals surface area contributed by atoms with Crippen molar-refractivity contribution in [3.8, 4) is 0 Å². The second-order valence-corrected chi connectivity index (χ2v) is 4.09. The zero-order valence-corrected chi connectivity index (χ0v) is 10.0. The maximum absolute atomic E-state index is 5.60. The minimum atomic E-state index is -0.122. The van der Waals surface area contributed by atoms with Crippen molar-refractivity contribution in [3.63, 3.8) is 0 Å². The first-order valence-electron chi connectivity index (χ1n) is 5.52. The molecule has 0 aliphatic rings. The van der Waals surface area contributed by atoms with Crippen LogP contribution in [0.1, 0.15) is 28.6 Å². The van der Waals surface area contributed by atoms with Crippen molar-refractivity contribution in [2.24, 2.45) is 5.84 Å². The van der Waals surface area contributed by atoms with E-state index < -0.39 is 0 Å². The maximum Gasteiger partial charge on any atom is 0.0897 e. The molecule has 3 N–H and O–H groups in total. The van der Waals surface area contributed by atoms with Crippen molar-refractivity contribution in [1.82, 2.24) is 15.4 Å². The van der Waals surface area contributed by atoms with Gasteiger partial charge in [0.05, 0.1) is 23.6 Å². The number of nitrogens with one attached hydrogen (secondary N) is 1. The van der Waals surface area contributed by atoms with Gasteiger partial charge in [-0.05, 0) is 19.4 Å². The van der Waals surface area contributed by atoms with Crippen LogP contribution in [0.5, 0.6) is 0 Å². The molecule has 1 atom stereocenters. The summed E-state index contributed by atoms with van der Waals surface area (Å²) in [6, 6.07) is 8.08. The monoisotopic (exact) mass is 228 g/mol. The van der Waals surface area contributed by atoms with Crippen molar-refractivity contribution in [2.45, 2.75) is 19.9 Å². The molecule has 17 heavy (non-hydrogen) atoms. The van der Waals surface area contributed by atoms with E-state index in [1.807, 2.05) is 19.1 Å². The first-order chi connectivity index (χ1) is 8.20. The number of hydrazine groups is 1. The summed E-state index contributed by atoms with van der Waals surface area (Å²) in [5, 5.41) is 0. The zero-order valence-electron chi connectivity index (χ0n) is 10.0. The van der Waals surface area contributed by atoms with Crippen molar-refractivity contribution in [2.75, 3.05) is 0 Å². The lowest BCUT2D eigenvalue weighted by molar-refractivity contribution is 0.617. The molecule has 88 valence electrons. The van der Waals surface area contributed by atoms with Gasteiger partial charge >= 0.3 is 0 Å². The predicted octanol–water partition coefficient (Wildman–Crippen LogP) is 1.65. The normalized spacial score (nSPS) is 12.4. The number of aromatic nitrogens is 2. The van der Waals surface area contributed by atoms with Crippen LogP contribution in [0.15, 0.2) is 36.7 Å². The van der Waals surface area contributed by atoms with E-state index >= 15 is 0 Å². The van der Waals surface area contributed by atoms with Crippen molar-refractivity contribution < 1.29 is 0 Å². The lowest BCUT2D eigenvalue weighted by Crippen LogP contribution is -2.29. The molecule has 0 aliphatic heterocycles. The molecule has 4 nitrogen and oxygen atoms in total. The van der Waals surface area contributed by atoms with Crippen LogP contribution >= 0.6 is 0 Å². The standard InChI is InChI=1S/C13H16N4/c1-9-3-5-11(6-4-9)13(17-14)12-8-15-10(2)7-16-12/h3-8,13,17H,14H2,1-2H3. The van der Waals surface area contributed by atoms with E-state index in [1.54, 1.807) is 12.4 Å². The average molecular weight is 228 g/mol. The van der Waals surface area contributed by atoms with E-state index in [2.05, 4.69) is 34.5 Å². The number of hydrogen-bond donors (Lipinski definition) is 2. The predicted molar refractivity (Wildman–Crippen MR) is 67.1 cm³/mol. The summed E-state index contributed by atoms with van der Waals surface area (Å²) < 4.78 is 0. The van der Waals surface area contributed by atoms with Gasteiger partial charge in [-0.15, -0.1) is 0 Å². The second kappa shape index (κ2) is 5.03. The Morgan fingerprint density at radius 3 is 2.29 bits per heavy atom. The molecule has 0 radical (unpaired) electrons. The van der Waals surface area contributed by atoms with Crippen LogP contribution in [0.2, 0.25) is 0 Å². The Hall–Kier alpha value is -1.78. The lowest BCUT2D eigenvalue weighted by Gasteiger charge is -2.15. The number of aryl methyl sites for hydroxylation is 2. The van der Waals surface area contributed by atoms with Gasteiger partial charge < -0.3 is 0 Å². The van der Waals surface area contributed by atoms with Crippen molar-refractivity contribution in [3.05, 3.63) is 59.2 Å². The van der Waals surface area contributed by atoms with Crippen molar-refractivity contribution in [1.29, 1.82) is 0 Å². The summed E-state index contributed by atoms with van der Waals surface area (Å²) in [6.07, 6.45) is 3.49. The van der Waals surface area contributed by atoms with Crippen LogP contribution < -0.4 is 11.3 Å². The molecule has 1 heterocycles. The van der Waals surface area contributed by atoms with Gasteiger partial charge in [0.1, 0.15) is 0 Å². The smallest absolute Gasteiger partial charge is 0.0897 e. The summed E-state index contributed by atoms with van der Waals surface area (Å²) in [5.41, 5.74) is 6.79. The average Bonchev–Trinajstić information content (AvgIpc) is 2.35. The minimum absolute atomic E-state index is 0.122. The van der Waals surface area contributed by atoms with Crippen LogP contribution in [0, 0.1) is 13.8 Å². The molecule has 0 saturated carbocycles. The quantitative estimate of drug-likeness (QED) is 0.619. The summed E-state index contributed by atoms with van der Waals surface area (Å²) in [7, 11) is 0. The number of nitrogens with two attached hydrogens (primary N) is 1. The third-order valence-corrected chi connectivity index (χ3v) is 2.67. The SMILES string of the molecule is Cc1ccc(C(NN)c2cnc(C)cn2)cc1.